The smallest absolute Gasteiger partial charge is 0.185 e. The number of hydrogen-bond donors (Lipinski definition) is 2. The molecule has 2 N–H and O–H groups in total. The van der Waals surface area contributed by atoms with E-state index in [2.05, 4.69) is 6.58 Å². The van der Waals surface area contributed by atoms with Gasteiger partial charge in [0.15, 0.2) is 6.29 Å². The Labute approximate surface area is 140 Å². The fourth-order valence-corrected chi connectivity index (χ4v) is 3.12. The first-order valence-corrected chi connectivity index (χ1v) is 8.83. The predicted octanol–water partition coefficient (Wildman–Crippen LogP) is 2.79. The van der Waals surface area contributed by atoms with E-state index >= 15 is 0 Å². The summed E-state index contributed by atoms with van der Waals surface area (Å²) in [5.41, 5.74) is 0. The molecule has 0 spiro atoms. The number of aliphatic hydroxyl groups is 2. The highest BCUT2D eigenvalue weighted by molar-refractivity contribution is 4.92. The third-order valence-corrected chi connectivity index (χ3v) is 4.53. The first-order valence-electron chi connectivity index (χ1n) is 8.83. The third kappa shape index (κ3) is 6.89. The average molecular weight is 330 g/mol. The summed E-state index contributed by atoms with van der Waals surface area (Å²) in [6.07, 6.45) is 8.79. The van der Waals surface area contributed by atoms with Crippen molar-refractivity contribution in [3.05, 3.63) is 12.7 Å². The van der Waals surface area contributed by atoms with Crippen molar-refractivity contribution in [1.82, 2.24) is 0 Å². The summed E-state index contributed by atoms with van der Waals surface area (Å²) in [6.45, 7) is 3.73. The zero-order valence-corrected chi connectivity index (χ0v) is 14.7. The molecule has 0 aliphatic carbocycles. The summed E-state index contributed by atoms with van der Waals surface area (Å²) in [5, 5.41) is 20.2. The van der Waals surface area contributed by atoms with E-state index in [9.17, 15) is 10.2 Å². The summed E-state index contributed by atoms with van der Waals surface area (Å²) in [5.74, 6) is 0. The molecular weight excluding hydrogens is 296 g/mol. The Hall–Kier alpha value is -0.460. The van der Waals surface area contributed by atoms with Crippen molar-refractivity contribution >= 4 is 0 Å². The highest BCUT2D eigenvalue weighted by Crippen LogP contribution is 2.28. The predicted molar refractivity (Wildman–Crippen MR) is 90.2 cm³/mol. The molecule has 5 nitrogen and oxygen atoms in total. The SMILES string of the molecule is C=CCCCCCCCCCC1OC(C(OC)OC)C(O)C1O. The summed E-state index contributed by atoms with van der Waals surface area (Å²) >= 11 is 0. The lowest BCUT2D eigenvalue weighted by Crippen LogP contribution is -2.40. The second-order valence-electron chi connectivity index (χ2n) is 6.30. The standard InChI is InChI=1S/C18H34O5/c1-4-5-6-7-8-9-10-11-12-13-14-15(19)16(20)17(23-14)18(21-2)22-3/h4,14-20H,1,5-13H2,2-3H3. The van der Waals surface area contributed by atoms with Gasteiger partial charge in [0.1, 0.15) is 18.3 Å². The van der Waals surface area contributed by atoms with Crippen LogP contribution in [0, 0.1) is 0 Å². The van der Waals surface area contributed by atoms with Crippen molar-refractivity contribution in [2.45, 2.75) is 88.5 Å². The summed E-state index contributed by atoms with van der Waals surface area (Å²) < 4.78 is 16.0. The molecule has 0 saturated carbocycles. The third-order valence-electron chi connectivity index (χ3n) is 4.53. The molecule has 1 saturated heterocycles. The van der Waals surface area contributed by atoms with Crippen LogP contribution in [0.15, 0.2) is 12.7 Å². The van der Waals surface area contributed by atoms with E-state index in [-0.39, 0.29) is 6.10 Å². The van der Waals surface area contributed by atoms with Gasteiger partial charge in [-0.25, -0.2) is 0 Å². The molecule has 0 radical (unpaired) electrons. The van der Waals surface area contributed by atoms with E-state index in [4.69, 9.17) is 14.2 Å². The molecule has 4 unspecified atom stereocenters. The van der Waals surface area contributed by atoms with Gasteiger partial charge in [0, 0.05) is 14.2 Å². The molecular formula is C18H34O5. The number of ether oxygens (including phenoxy) is 3. The molecule has 0 aromatic heterocycles. The summed E-state index contributed by atoms with van der Waals surface area (Å²) in [4.78, 5) is 0. The molecule has 23 heavy (non-hydrogen) atoms. The average Bonchev–Trinajstić information content (AvgIpc) is 2.83. The molecule has 1 rings (SSSR count). The maximum atomic E-state index is 10.1. The normalized spacial score (nSPS) is 27.7. The van der Waals surface area contributed by atoms with Crippen LogP contribution in [-0.2, 0) is 14.2 Å². The first kappa shape index (κ1) is 20.6. The lowest BCUT2D eigenvalue weighted by Gasteiger charge is -2.22. The lowest BCUT2D eigenvalue weighted by atomic mass is 10.0. The van der Waals surface area contributed by atoms with Gasteiger partial charge in [-0.1, -0.05) is 44.6 Å². The van der Waals surface area contributed by atoms with Gasteiger partial charge in [-0.05, 0) is 19.3 Å². The van der Waals surface area contributed by atoms with Gasteiger partial charge >= 0.3 is 0 Å². The van der Waals surface area contributed by atoms with Gasteiger partial charge in [-0.15, -0.1) is 6.58 Å². The van der Waals surface area contributed by atoms with Crippen molar-refractivity contribution in [2.75, 3.05) is 14.2 Å². The molecule has 0 amide bonds. The van der Waals surface area contributed by atoms with Crippen LogP contribution in [0.3, 0.4) is 0 Å². The van der Waals surface area contributed by atoms with Gasteiger partial charge in [0.25, 0.3) is 0 Å². The zero-order valence-electron chi connectivity index (χ0n) is 14.7. The van der Waals surface area contributed by atoms with E-state index in [1.54, 1.807) is 0 Å². The number of unbranched alkanes of at least 4 members (excludes halogenated alkanes) is 7. The number of allylic oxidation sites excluding steroid dienone is 1. The van der Waals surface area contributed by atoms with Gasteiger partial charge in [-0.3, -0.25) is 0 Å². The Morgan fingerprint density at radius 2 is 1.52 bits per heavy atom. The molecule has 136 valence electrons. The molecule has 0 bridgehead atoms. The maximum Gasteiger partial charge on any atom is 0.185 e. The summed E-state index contributed by atoms with van der Waals surface area (Å²) in [7, 11) is 3.00. The van der Waals surface area contributed by atoms with Crippen LogP contribution in [0.1, 0.15) is 57.8 Å². The fraction of sp³-hybridized carbons (Fsp3) is 0.889. The van der Waals surface area contributed by atoms with Gasteiger partial charge < -0.3 is 24.4 Å². The number of methoxy groups -OCH3 is 2. The number of aliphatic hydroxyl groups excluding tert-OH is 2. The van der Waals surface area contributed by atoms with Crippen LogP contribution in [0.2, 0.25) is 0 Å². The van der Waals surface area contributed by atoms with Crippen LogP contribution >= 0.6 is 0 Å². The highest BCUT2D eigenvalue weighted by Gasteiger charge is 2.46. The number of hydrogen-bond acceptors (Lipinski definition) is 5. The van der Waals surface area contributed by atoms with E-state index in [0.29, 0.717) is 0 Å². The molecule has 4 atom stereocenters. The van der Waals surface area contributed by atoms with E-state index in [1.165, 1.54) is 46.3 Å². The van der Waals surface area contributed by atoms with Gasteiger partial charge in [0.05, 0.1) is 6.10 Å². The quantitative estimate of drug-likeness (QED) is 0.309. The second kappa shape index (κ2) is 12.0. The molecule has 0 aromatic rings. The van der Waals surface area contributed by atoms with E-state index < -0.39 is 24.6 Å². The Morgan fingerprint density at radius 1 is 0.957 bits per heavy atom. The van der Waals surface area contributed by atoms with Crippen LogP contribution in [-0.4, -0.2) is 55.1 Å². The van der Waals surface area contributed by atoms with Gasteiger partial charge in [-0.2, -0.15) is 0 Å². The minimum absolute atomic E-state index is 0.338. The molecule has 1 aliphatic heterocycles. The topological polar surface area (TPSA) is 68.2 Å². The van der Waals surface area contributed by atoms with Crippen molar-refractivity contribution in [1.29, 1.82) is 0 Å². The Balaban J connectivity index is 2.14. The monoisotopic (exact) mass is 330 g/mol. The Kier molecular flexibility index (Phi) is 10.7. The minimum atomic E-state index is -0.963. The van der Waals surface area contributed by atoms with Crippen molar-refractivity contribution < 1.29 is 24.4 Å². The summed E-state index contributed by atoms with van der Waals surface area (Å²) in [6, 6.07) is 0. The van der Waals surface area contributed by atoms with E-state index in [1.807, 2.05) is 6.08 Å². The molecule has 5 heteroatoms. The Morgan fingerprint density at radius 3 is 2.09 bits per heavy atom. The molecule has 0 aromatic carbocycles. The lowest BCUT2D eigenvalue weighted by molar-refractivity contribution is -0.192. The highest BCUT2D eigenvalue weighted by atomic mass is 16.7. The molecule has 1 heterocycles. The van der Waals surface area contributed by atoms with Crippen molar-refractivity contribution in [3.63, 3.8) is 0 Å². The largest absolute Gasteiger partial charge is 0.388 e. The van der Waals surface area contributed by atoms with Crippen LogP contribution in [0.25, 0.3) is 0 Å². The first-order chi connectivity index (χ1) is 11.2. The molecule has 1 fully saturated rings. The van der Waals surface area contributed by atoms with Crippen LogP contribution in [0.4, 0.5) is 0 Å². The van der Waals surface area contributed by atoms with Crippen LogP contribution in [0.5, 0.6) is 0 Å². The molecule has 1 aliphatic rings. The number of rotatable bonds is 13. The van der Waals surface area contributed by atoms with Crippen molar-refractivity contribution in [3.8, 4) is 0 Å². The van der Waals surface area contributed by atoms with Crippen molar-refractivity contribution in [2.24, 2.45) is 0 Å². The fourth-order valence-electron chi connectivity index (χ4n) is 3.12. The Bertz CT molecular complexity index is 306. The second-order valence-corrected chi connectivity index (χ2v) is 6.30. The minimum Gasteiger partial charge on any atom is -0.388 e. The van der Waals surface area contributed by atoms with Gasteiger partial charge in [0.2, 0.25) is 0 Å². The zero-order chi connectivity index (χ0) is 17.1. The van der Waals surface area contributed by atoms with Crippen LogP contribution < -0.4 is 0 Å². The maximum absolute atomic E-state index is 10.1. The van der Waals surface area contributed by atoms with E-state index in [0.717, 1.165) is 25.7 Å².